The molecule has 0 rings (SSSR count). The van der Waals surface area contributed by atoms with E-state index in [9.17, 15) is 25.2 Å². The quantitative estimate of drug-likeness (QED) is 0.0626. The molecule has 0 bridgehead atoms. The Bertz CT molecular complexity index is 573. The van der Waals surface area contributed by atoms with Gasteiger partial charge in [-0.25, -0.2) is 0 Å². The number of allylic oxidation sites excluding steroid dienone is 2. The van der Waals surface area contributed by atoms with Crippen LogP contribution >= 0.6 is 0 Å². The Labute approximate surface area is 239 Å². The first kappa shape index (κ1) is 38.0. The van der Waals surface area contributed by atoms with E-state index >= 15 is 0 Å². The molecule has 0 heterocycles. The van der Waals surface area contributed by atoms with Gasteiger partial charge < -0.3 is 30.4 Å². The number of aliphatic hydroxyl groups excluding tert-OH is 5. The lowest BCUT2D eigenvalue weighted by atomic mass is 10.0. The summed E-state index contributed by atoms with van der Waals surface area (Å²) in [5, 5.41) is 49.1. The van der Waals surface area contributed by atoms with Crippen molar-refractivity contribution in [1.29, 1.82) is 0 Å². The topological polar surface area (TPSA) is 121 Å². The monoisotopic (exact) mass is 557 g/mol. The highest BCUT2D eigenvalue weighted by Gasteiger charge is 2.31. The largest absolute Gasteiger partial charge is 0.394 e. The van der Waals surface area contributed by atoms with Crippen LogP contribution < -0.4 is 0 Å². The minimum absolute atomic E-state index is 0.0513. The van der Waals surface area contributed by atoms with Crippen molar-refractivity contribution in [3.8, 4) is 0 Å². The Hall–Kier alpha value is -0.990. The maximum atomic E-state index is 12.9. The van der Waals surface area contributed by atoms with Gasteiger partial charge in [0.1, 0.15) is 24.4 Å². The molecule has 0 aromatic carbocycles. The second kappa shape index (κ2) is 27.2. The van der Waals surface area contributed by atoms with Gasteiger partial charge in [0, 0.05) is 19.5 Å². The Morgan fingerprint density at radius 1 is 0.615 bits per heavy atom. The molecule has 4 atom stereocenters. The van der Waals surface area contributed by atoms with Gasteiger partial charge in [0.05, 0.1) is 6.61 Å². The highest BCUT2D eigenvalue weighted by atomic mass is 16.4. The molecule has 5 N–H and O–H groups in total. The summed E-state index contributed by atoms with van der Waals surface area (Å²) < 4.78 is 0. The summed E-state index contributed by atoms with van der Waals surface area (Å²) in [6.07, 6.45) is 20.8. The third kappa shape index (κ3) is 21.4. The number of nitrogens with zero attached hydrogens (tertiary/aromatic N) is 1. The molecule has 0 saturated carbocycles. The maximum absolute atomic E-state index is 12.9. The molecule has 1 amide bonds. The number of carbonyl (C=O) groups is 1. The van der Waals surface area contributed by atoms with Crippen LogP contribution in [0, 0.1) is 0 Å². The molecular weight excluding hydrogens is 494 g/mol. The summed E-state index contributed by atoms with van der Waals surface area (Å²) in [6.45, 7) is 4.10. The first-order chi connectivity index (χ1) is 18.9. The van der Waals surface area contributed by atoms with Crippen molar-refractivity contribution in [3.05, 3.63) is 12.2 Å². The Kier molecular flexibility index (Phi) is 26.5. The molecule has 0 saturated heterocycles. The molecule has 0 unspecified atom stereocenters. The second-order valence-corrected chi connectivity index (χ2v) is 11.2. The number of aliphatic hydroxyl groups is 5. The summed E-state index contributed by atoms with van der Waals surface area (Å²) >= 11 is 0. The lowest BCUT2D eigenvalue weighted by Gasteiger charge is -2.30. The number of amides is 1. The van der Waals surface area contributed by atoms with Crippen molar-refractivity contribution in [1.82, 2.24) is 4.90 Å². The fraction of sp³-hybridized carbons (Fsp3) is 0.906. The Balaban J connectivity index is 4.29. The molecule has 39 heavy (non-hydrogen) atoms. The van der Waals surface area contributed by atoms with Crippen LogP contribution in [0.2, 0.25) is 0 Å². The van der Waals surface area contributed by atoms with E-state index in [-0.39, 0.29) is 12.5 Å². The SMILES string of the molecule is CCCCCCCC/C=C\CCCCCCCC(=O)N(CCCCCCCC)C[C@H](O)[C@@H](O)[C@H](O)[C@H](O)CO. The van der Waals surface area contributed by atoms with Crippen LogP contribution in [0.15, 0.2) is 12.2 Å². The van der Waals surface area contributed by atoms with Gasteiger partial charge in [-0.2, -0.15) is 0 Å². The molecule has 7 heteroatoms. The first-order valence-electron chi connectivity index (χ1n) is 16.1. The van der Waals surface area contributed by atoms with Crippen LogP contribution in [0.3, 0.4) is 0 Å². The van der Waals surface area contributed by atoms with Gasteiger partial charge in [-0.05, 0) is 38.5 Å². The maximum Gasteiger partial charge on any atom is 0.222 e. The number of hydrogen-bond acceptors (Lipinski definition) is 6. The van der Waals surface area contributed by atoms with E-state index in [1.165, 1.54) is 70.6 Å². The van der Waals surface area contributed by atoms with Crippen molar-refractivity contribution in [2.24, 2.45) is 0 Å². The van der Waals surface area contributed by atoms with Crippen LogP contribution in [-0.4, -0.2) is 80.5 Å². The molecule has 0 aromatic rings. The van der Waals surface area contributed by atoms with Crippen molar-refractivity contribution in [2.45, 2.75) is 167 Å². The van der Waals surface area contributed by atoms with Crippen molar-refractivity contribution >= 4 is 5.91 Å². The zero-order valence-electron chi connectivity index (χ0n) is 25.3. The van der Waals surface area contributed by atoms with Gasteiger partial charge in [0.15, 0.2) is 0 Å². The first-order valence-corrected chi connectivity index (χ1v) is 16.1. The zero-order chi connectivity index (χ0) is 29.1. The van der Waals surface area contributed by atoms with E-state index < -0.39 is 31.0 Å². The summed E-state index contributed by atoms with van der Waals surface area (Å²) in [6, 6.07) is 0. The van der Waals surface area contributed by atoms with Crippen LogP contribution in [0.25, 0.3) is 0 Å². The van der Waals surface area contributed by atoms with E-state index in [1.807, 2.05) is 0 Å². The molecular formula is C32H63NO6. The van der Waals surface area contributed by atoms with Gasteiger partial charge >= 0.3 is 0 Å². The molecule has 0 aliphatic carbocycles. The number of unbranched alkanes of at least 4 members (excludes halogenated alkanes) is 16. The van der Waals surface area contributed by atoms with Crippen molar-refractivity contribution < 1.29 is 30.3 Å². The lowest BCUT2D eigenvalue weighted by Crippen LogP contribution is -2.50. The Morgan fingerprint density at radius 2 is 1.05 bits per heavy atom. The van der Waals surface area contributed by atoms with Gasteiger partial charge in [0.2, 0.25) is 5.91 Å². The van der Waals surface area contributed by atoms with E-state index in [2.05, 4.69) is 26.0 Å². The molecule has 0 fully saturated rings. The highest BCUT2D eigenvalue weighted by Crippen LogP contribution is 2.14. The number of rotatable bonds is 28. The zero-order valence-corrected chi connectivity index (χ0v) is 25.3. The van der Waals surface area contributed by atoms with Crippen LogP contribution in [-0.2, 0) is 4.79 Å². The average Bonchev–Trinajstić information content (AvgIpc) is 2.94. The molecule has 7 nitrogen and oxygen atoms in total. The highest BCUT2D eigenvalue weighted by molar-refractivity contribution is 5.76. The standard InChI is InChI=1S/C32H63NO6/c1-3-5-7-9-11-12-13-14-15-16-17-18-19-20-22-24-30(37)33(25-23-21-10-8-6-4-2)26-28(35)31(38)32(39)29(36)27-34/h14-15,28-29,31-32,34-36,38-39H,3-13,16-27H2,1-2H3/b15-14-/t28-,29+,31+,32+/m0/s1. The van der Waals surface area contributed by atoms with Gasteiger partial charge in [-0.15, -0.1) is 0 Å². The van der Waals surface area contributed by atoms with Gasteiger partial charge in [0.25, 0.3) is 0 Å². The minimum Gasteiger partial charge on any atom is -0.394 e. The predicted molar refractivity (Wildman–Crippen MR) is 161 cm³/mol. The smallest absolute Gasteiger partial charge is 0.222 e. The van der Waals surface area contributed by atoms with E-state index in [0.717, 1.165) is 51.4 Å². The fourth-order valence-corrected chi connectivity index (χ4v) is 4.80. The fourth-order valence-electron chi connectivity index (χ4n) is 4.80. The number of carbonyl (C=O) groups excluding carboxylic acids is 1. The third-order valence-electron chi connectivity index (χ3n) is 7.52. The van der Waals surface area contributed by atoms with Gasteiger partial charge in [-0.3, -0.25) is 4.79 Å². The molecule has 0 aromatic heterocycles. The van der Waals surface area contributed by atoms with Gasteiger partial charge in [-0.1, -0.05) is 109 Å². The van der Waals surface area contributed by atoms with Crippen molar-refractivity contribution in [2.75, 3.05) is 19.7 Å². The Morgan fingerprint density at radius 3 is 1.56 bits per heavy atom. The van der Waals surface area contributed by atoms with Crippen LogP contribution in [0.1, 0.15) is 142 Å². The lowest BCUT2D eigenvalue weighted by molar-refractivity contribution is -0.140. The summed E-state index contributed by atoms with van der Waals surface area (Å²) in [5.41, 5.74) is 0. The number of hydrogen-bond donors (Lipinski definition) is 5. The summed E-state index contributed by atoms with van der Waals surface area (Å²) in [7, 11) is 0. The normalized spacial score (nSPS) is 14.9. The van der Waals surface area contributed by atoms with Crippen LogP contribution in [0.5, 0.6) is 0 Å². The third-order valence-corrected chi connectivity index (χ3v) is 7.52. The molecule has 0 aliphatic rings. The molecule has 0 spiro atoms. The van der Waals surface area contributed by atoms with E-state index in [4.69, 9.17) is 5.11 Å². The minimum atomic E-state index is -1.68. The second-order valence-electron chi connectivity index (χ2n) is 11.2. The average molecular weight is 558 g/mol. The summed E-state index contributed by atoms with van der Waals surface area (Å²) in [5.74, 6) is -0.0513. The molecule has 232 valence electrons. The van der Waals surface area contributed by atoms with Crippen molar-refractivity contribution in [3.63, 3.8) is 0 Å². The molecule has 0 aliphatic heterocycles. The van der Waals surface area contributed by atoms with E-state index in [0.29, 0.717) is 13.0 Å². The predicted octanol–water partition coefficient (Wildman–Crippen LogP) is 5.65. The van der Waals surface area contributed by atoms with Crippen LogP contribution in [0.4, 0.5) is 0 Å². The van der Waals surface area contributed by atoms with E-state index in [1.54, 1.807) is 4.90 Å². The molecule has 0 radical (unpaired) electrons. The summed E-state index contributed by atoms with van der Waals surface area (Å²) in [4.78, 5) is 14.5.